The Morgan fingerprint density at radius 1 is 1.22 bits per heavy atom. The molecule has 0 bridgehead atoms. The normalized spacial score (nSPS) is 18.8. The summed E-state index contributed by atoms with van der Waals surface area (Å²) in [5.74, 6) is 1.36. The van der Waals surface area contributed by atoms with E-state index in [9.17, 15) is 10.2 Å². The zero-order valence-corrected chi connectivity index (χ0v) is 19.0. The van der Waals surface area contributed by atoms with E-state index >= 15 is 0 Å². The molecular formula is C24H27N5O2S. The van der Waals surface area contributed by atoms with Crippen LogP contribution in [0.4, 0.5) is 5.69 Å². The van der Waals surface area contributed by atoms with Crippen LogP contribution in [-0.4, -0.2) is 55.1 Å². The second kappa shape index (κ2) is 11.5. The van der Waals surface area contributed by atoms with Crippen molar-refractivity contribution >= 4 is 34.7 Å². The Morgan fingerprint density at radius 3 is 2.44 bits per heavy atom. The summed E-state index contributed by atoms with van der Waals surface area (Å²) in [5.41, 5.74) is 2.95. The molecule has 2 aliphatic heterocycles. The standard InChI is InChI=1S/C19H15N4OS.C5H11NO/c1-12-16(18(24)23-14-5-3-2-4-6-14)17(13-7-9-21-10-8-13)15(11-20)19(25)22-12;1-6-2-4-7-5-3-6/h2-10,17H,1H3,(H,22,25)(H,23,24);2-5H2,1H3/q-1;/p+1. The van der Waals surface area contributed by atoms with Gasteiger partial charge in [-0.25, -0.2) is 0 Å². The molecule has 1 aromatic heterocycles. The van der Waals surface area contributed by atoms with E-state index < -0.39 is 5.92 Å². The van der Waals surface area contributed by atoms with Crippen LogP contribution in [0, 0.1) is 0 Å². The van der Waals surface area contributed by atoms with Crippen molar-refractivity contribution in [1.29, 1.82) is 0 Å². The van der Waals surface area contributed by atoms with Crippen LogP contribution in [0.2, 0.25) is 0 Å². The number of thiocarbonyl (C=S) groups is 1. The number of morpholine rings is 1. The van der Waals surface area contributed by atoms with Gasteiger partial charge < -0.3 is 25.7 Å². The van der Waals surface area contributed by atoms with Crippen molar-refractivity contribution in [2.45, 2.75) is 12.8 Å². The minimum Gasteiger partial charge on any atom is -0.763 e. The van der Waals surface area contributed by atoms with Gasteiger partial charge in [-0.05, 0) is 36.8 Å². The van der Waals surface area contributed by atoms with Gasteiger partial charge in [0.2, 0.25) is 0 Å². The van der Waals surface area contributed by atoms with Crippen molar-refractivity contribution in [1.82, 2.24) is 10.3 Å². The summed E-state index contributed by atoms with van der Waals surface area (Å²) in [4.78, 5) is 18.9. The van der Waals surface area contributed by atoms with E-state index in [-0.39, 0.29) is 5.91 Å². The predicted octanol–water partition coefficient (Wildman–Crippen LogP) is 1.71. The first kappa shape index (κ1) is 23.5. The monoisotopic (exact) mass is 449 g/mol. The molecule has 8 heteroatoms. The lowest BCUT2D eigenvalue weighted by Crippen LogP contribution is -3.11. The third kappa shape index (κ3) is 5.96. The Morgan fingerprint density at radius 2 is 1.88 bits per heavy atom. The van der Waals surface area contributed by atoms with E-state index in [2.05, 4.69) is 28.5 Å². The molecule has 0 aliphatic carbocycles. The van der Waals surface area contributed by atoms with Crippen molar-refractivity contribution in [3.63, 3.8) is 0 Å². The maximum absolute atomic E-state index is 12.9. The number of pyridine rings is 1. The number of amides is 1. The number of carbonyl (C=O) groups is 1. The summed E-state index contributed by atoms with van der Waals surface area (Å²) < 4.78 is 5.12. The smallest absolute Gasteiger partial charge is 0.254 e. The number of allylic oxidation sites excluding steroid dienone is 1. The average molecular weight is 450 g/mol. The number of nitrogens with one attached hydrogen (secondary N) is 3. The number of rotatable bonds is 3. The maximum Gasteiger partial charge on any atom is 0.254 e. The van der Waals surface area contributed by atoms with Gasteiger partial charge in [-0.3, -0.25) is 15.6 Å². The van der Waals surface area contributed by atoms with Crippen molar-refractivity contribution in [2.75, 3.05) is 38.7 Å². The van der Waals surface area contributed by atoms with Crippen LogP contribution in [0.15, 0.2) is 71.7 Å². The Labute approximate surface area is 193 Å². The first-order valence-electron chi connectivity index (χ1n) is 10.5. The molecule has 4 rings (SSSR count). The zero-order valence-electron chi connectivity index (χ0n) is 18.2. The lowest BCUT2D eigenvalue weighted by molar-refractivity contribution is -0.888. The van der Waals surface area contributed by atoms with E-state index in [0.717, 1.165) is 18.8 Å². The number of aromatic nitrogens is 1. The van der Waals surface area contributed by atoms with Crippen LogP contribution >= 0.6 is 12.2 Å². The van der Waals surface area contributed by atoms with Gasteiger partial charge in [0.15, 0.2) is 0 Å². The highest BCUT2D eigenvalue weighted by atomic mass is 32.1. The third-order valence-corrected chi connectivity index (χ3v) is 5.63. The number of carbonyl (C=O) groups excluding carboxylic acids is 1. The Balaban J connectivity index is 0.000000352. The van der Waals surface area contributed by atoms with Crippen molar-refractivity contribution in [3.05, 3.63) is 82.7 Å². The van der Waals surface area contributed by atoms with Crippen molar-refractivity contribution < 1.29 is 14.4 Å². The number of anilines is 1. The lowest BCUT2D eigenvalue weighted by Gasteiger charge is -2.30. The largest absolute Gasteiger partial charge is 0.763 e. The van der Waals surface area contributed by atoms with Crippen LogP contribution < -0.4 is 15.5 Å². The molecule has 1 atom stereocenters. The Bertz CT molecular complexity index is 1030. The van der Waals surface area contributed by atoms with Crippen LogP contribution in [-0.2, 0) is 9.53 Å². The fraction of sp³-hybridized carbons (Fsp3) is 0.292. The van der Waals surface area contributed by atoms with Gasteiger partial charge in [0.05, 0.1) is 20.3 Å². The van der Waals surface area contributed by atoms with E-state index in [0.29, 0.717) is 27.5 Å². The second-order valence-corrected chi connectivity index (χ2v) is 8.03. The molecule has 0 spiro atoms. The summed E-state index contributed by atoms with van der Waals surface area (Å²) in [7, 11) is 2.20. The first-order chi connectivity index (χ1) is 15.5. The van der Waals surface area contributed by atoms with Crippen LogP contribution in [0.25, 0.3) is 5.41 Å². The highest BCUT2D eigenvalue weighted by Crippen LogP contribution is 2.36. The SMILES string of the molecule is CC1=C(C(=O)Nc2ccccc2)C(c2ccncc2)C(=C=[N-])C(=S)N1.C[NH+]1CCOCC1. The van der Waals surface area contributed by atoms with Gasteiger partial charge in [0.1, 0.15) is 18.1 Å². The number of quaternary nitrogens is 1. The quantitative estimate of drug-likeness (QED) is 0.377. The number of benzene rings is 1. The third-order valence-electron chi connectivity index (χ3n) is 5.31. The molecule has 1 amide bonds. The van der Waals surface area contributed by atoms with Gasteiger partial charge in [0, 0.05) is 40.8 Å². The number of ether oxygens (including phenoxy) is 1. The van der Waals surface area contributed by atoms with Crippen LogP contribution in [0.1, 0.15) is 18.4 Å². The van der Waals surface area contributed by atoms with E-state index in [4.69, 9.17) is 17.0 Å². The van der Waals surface area contributed by atoms with Gasteiger partial charge in [-0.15, -0.1) is 0 Å². The van der Waals surface area contributed by atoms with Gasteiger partial charge in [-0.2, -0.15) is 0 Å². The van der Waals surface area contributed by atoms with Gasteiger partial charge in [0.25, 0.3) is 5.91 Å². The molecule has 32 heavy (non-hydrogen) atoms. The molecular weight excluding hydrogens is 422 g/mol. The fourth-order valence-corrected chi connectivity index (χ4v) is 3.86. The zero-order chi connectivity index (χ0) is 22.9. The highest BCUT2D eigenvalue weighted by Gasteiger charge is 2.33. The minimum absolute atomic E-state index is 0.270. The molecule has 3 N–H and O–H groups in total. The molecule has 1 saturated heterocycles. The summed E-state index contributed by atoms with van der Waals surface area (Å²) in [6.45, 7) is 6.05. The molecule has 0 saturated carbocycles. The van der Waals surface area contributed by atoms with Crippen LogP contribution in [0.3, 0.4) is 0 Å². The topological polar surface area (TPSA) is 90.0 Å². The number of hydrogen-bond donors (Lipinski definition) is 3. The number of nitrogens with zero attached hydrogens (tertiary/aromatic N) is 2. The molecule has 7 nitrogen and oxygen atoms in total. The fourth-order valence-electron chi connectivity index (χ4n) is 3.54. The molecule has 3 heterocycles. The molecule has 166 valence electrons. The molecule has 0 radical (unpaired) electrons. The first-order valence-corrected chi connectivity index (χ1v) is 10.9. The Kier molecular flexibility index (Phi) is 8.41. The Hall–Kier alpha value is -3.16. The summed E-state index contributed by atoms with van der Waals surface area (Å²) in [6, 6.07) is 12.8. The second-order valence-electron chi connectivity index (χ2n) is 7.62. The van der Waals surface area contributed by atoms with E-state index in [1.54, 1.807) is 36.4 Å². The van der Waals surface area contributed by atoms with Gasteiger partial charge >= 0.3 is 0 Å². The molecule has 1 aromatic carbocycles. The van der Waals surface area contributed by atoms with E-state index in [1.807, 2.05) is 30.3 Å². The molecule has 1 unspecified atom stereocenters. The minimum atomic E-state index is -0.523. The number of para-hydroxylation sites is 1. The highest BCUT2D eigenvalue weighted by molar-refractivity contribution is 7.80. The molecule has 2 aliphatic rings. The number of hydrogen-bond acceptors (Lipinski definition) is 4. The summed E-state index contributed by atoms with van der Waals surface area (Å²) >= 11 is 5.30. The summed E-state index contributed by atoms with van der Waals surface area (Å²) in [5, 5.41) is 15.4. The number of likely N-dealkylation sites (N-methyl/N-ethyl adjacent to an activating group) is 1. The van der Waals surface area contributed by atoms with Crippen LogP contribution in [0.5, 0.6) is 0 Å². The average Bonchev–Trinajstić information content (AvgIpc) is 2.80. The molecule has 2 aromatic rings. The maximum atomic E-state index is 12.9. The lowest BCUT2D eigenvalue weighted by atomic mass is 9.81. The van der Waals surface area contributed by atoms with Crippen molar-refractivity contribution in [3.8, 4) is 0 Å². The van der Waals surface area contributed by atoms with Crippen molar-refractivity contribution in [2.24, 2.45) is 0 Å². The predicted molar refractivity (Wildman–Crippen MR) is 130 cm³/mol. The van der Waals surface area contributed by atoms with Gasteiger partial charge in [-0.1, -0.05) is 30.4 Å². The molecule has 1 fully saturated rings. The van der Waals surface area contributed by atoms with E-state index in [1.165, 1.54) is 13.1 Å². The summed E-state index contributed by atoms with van der Waals surface area (Å²) in [6.07, 6.45) is 3.27.